The van der Waals surface area contributed by atoms with Crippen LogP contribution in [0, 0.1) is 5.92 Å². The predicted octanol–water partition coefficient (Wildman–Crippen LogP) is 3.31. The van der Waals surface area contributed by atoms with Crippen LogP contribution in [0.5, 0.6) is 0 Å². The lowest BCUT2D eigenvalue weighted by molar-refractivity contribution is -0.137. The zero-order chi connectivity index (χ0) is 11.6. The van der Waals surface area contributed by atoms with E-state index in [-0.39, 0.29) is 0 Å². The van der Waals surface area contributed by atoms with Crippen molar-refractivity contribution in [2.24, 2.45) is 5.92 Å². The third-order valence-corrected chi connectivity index (χ3v) is 2.64. The van der Waals surface area contributed by atoms with Crippen LogP contribution in [0.25, 0.3) is 0 Å². The third-order valence-electron chi connectivity index (χ3n) is 2.64. The molecule has 1 heterocycles. The fourth-order valence-corrected chi connectivity index (χ4v) is 1.51. The van der Waals surface area contributed by atoms with Gasteiger partial charge in [-0.2, -0.15) is 13.2 Å². The molecule has 0 aromatic carbocycles. The molecule has 2 nitrogen and oxygen atoms in total. The molecule has 0 spiro atoms. The van der Waals surface area contributed by atoms with Gasteiger partial charge >= 0.3 is 6.18 Å². The summed E-state index contributed by atoms with van der Waals surface area (Å²) in [4.78, 5) is 3.86. The minimum absolute atomic E-state index is 0.301. The van der Waals surface area contributed by atoms with E-state index in [0.717, 1.165) is 24.5 Å². The summed E-state index contributed by atoms with van der Waals surface area (Å²) in [6, 6.07) is 2.03. The Kier molecular flexibility index (Phi) is 3.03. The van der Waals surface area contributed by atoms with Crippen molar-refractivity contribution in [3.05, 3.63) is 23.9 Å². The van der Waals surface area contributed by atoms with Crippen LogP contribution in [-0.4, -0.2) is 11.5 Å². The van der Waals surface area contributed by atoms with Crippen molar-refractivity contribution in [2.45, 2.75) is 25.4 Å². The fourth-order valence-electron chi connectivity index (χ4n) is 1.51. The quantitative estimate of drug-likeness (QED) is 0.858. The maximum atomic E-state index is 12.4. The first-order valence-electron chi connectivity index (χ1n) is 5.33. The molecule has 1 aromatic rings. The highest BCUT2D eigenvalue weighted by Gasteiger charge is 2.30. The Morgan fingerprint density at radius 2 is 2.12 bits per heavy atom. The second-order valence-corrected chi connectivity index (χ2v) is 4.09. The highest BCUT2D eigenvalue weighted by molar-refractivity contribution is 5.38. The number of halogens is 3. The van der Waals surface area contributed by atoms with Gasteiger partial charge in [0.05, 0.1) is 5.56 Å². The summed E-state index contributed by atoms with van der Waals surface area (Å²) < 4.78 is 37.1. The van der Waals surface area contributed by atoms with Crippen LogP contribution in [0.15, 0.2) is 18.3 Å². The van der Waals surface area contributed by atoms with Crippen molar-refractivity contribution in [3.63, 3.8) is 0 Å². The van der Waals surface area contributed by atoms with Gasteiger partial charge in [-0.15, -0.1) is 0 Å². The number of rotatable bonds is 4. The van der Waals surface area contributed by atoms with Gasteiger partial charge in [-0.1, -0.05) is 12.8 Å². The fraction of sp³-hybridized carbons (Fsp3) is 0.545. The van der Waals surface area contributed by atoms with E-state index in [1.165, 1.54) is 19.0 Å². The summed E-state index contributed by atoms with van der Waals surface area (Å²) in [6.45, 7) is 0.693. The van der Waals surface area contributed by atoms with Gasteiger partial charge < -0.3 is 5.32 Å². The molecule has 2 rings (SSSR count). The topological polar surface area (TPSA) is 24.9 Å². The smallest absolute Gasteiger partial charge is 0.370 e. The molecule has 1 N–H and O–H groups in total. The molecule has 0 bridgehead atoms. The van der Waals surface area contributed by atoms with E-state index in [0.29, 0.717) is 12.4 Å². The number of nitrogens with zero attached hydrogens (tertiary/aromatic N) is 1. The second-order valence-electron chi connectivity index (χ2n) is 4.09. The van der Waals surface area contributed by atoms with E-state index in [4.69, 9.17) is 0 Å². The maximum Gasteiger partial charge on any atom is 0.416 e. The summed E-state index contributed by atoms with van der Waals surface area (Å²) in [6.07, 6.45) is 0.394. The van der Waals surface area contributed by atoms with E-state index < -0.39 is 11.7 Å². The molecule has 1 aliphatic carbocycles. The summed E-state index contributed by atoms with van der Waals surface area (Å²) in [5, 5.41) is 2.92. The molecule has 88 valence electrons. The van der Waals surface area contributed by atoms with E-state index in [9.17, 15) is 13.2 Å². The lowest BCUT2D eigenvalue weighted by atomic mass is 10.2. The Morgan fingerprint density at radius 1 is 1.38 bits per heavy atom. The zero-order valence-corrected chi connectivity index (χ0v) is 8.72. The molecular weight excluding hydrogens is 217 g/mol. The van der Waals surface area contributed by atoms with Crippen LogP contribution in [-0.2, 0) is 6.18 Å². The number of hydrogen-bond acceptors (Lipinski definition) is 2. The zero-order valence-electron chi connectivity index (χ0n) is 8.72. The van der Waals surface area contributed by atoms with Gasteiger partial charge in [-0.25, -0.2) is 4.98 Å². The van der Waals surface area contributed by atoms with E-state index >= 15 is 0 Å². The standard InChI is InChI=1S/C11H13F3N2/c12-11(13,14)9-4-6-16-10(7-9)15-5-3-8-1-2-8/h4,6-8H,1-3,5H2,(H,15,16). The summed E-state index contributed by atoms with van der Waals surface area (Å²) in [7, 11) is 0. The highest BCUT2D eigenvalue weighted by Crippen LogP contribution is 2.32. The summed E-state index contributed by atoms with van der Waals surface area (Å²) in [5.41, 5.74) is -0.656. The molecule has 0 atom stereocenters. The van der Waals surface area contributed by atoms with Crippen LogP contribution < -0.4 is 5.32 Å². The van der Waals surface area contributed by atoms with Gasteiger partial charge in [0, 0.05) is 12.7 Å². The minimum atomic E-state index is -4.30. The molecule has 1 saturated carbocycles. The van der Waals surface area contributed by atoms with E-state index in [2.05, 4.69) is 10.3 Å². The summed E-state index contributed by atoms with van der Waals surface area (Å²) >= 11 is 0. The van der Waals surface area contributed by atoms with Gasteiger partial charge in [0.1, 0.15) is 5.82 Å². The number of pyridine rings is 1. The van der Waals surface area contributed by atoms with Gasteiger partial charge in [0.15, 0.2) is 0 Å². The van der Waals surface area contributed by atoms with Crippen molar-refractivity contribution >= 4 is 5.82 Å². The van der Waals surface area contributed by atoms with Crippen molar-refractivity contribution in [3.8, 4) is 0 Å². The molecule has 0 saturated heterocycles. The average Bonchev–Trinajstić information content (AvgIpc) is 3.01. The number of anilines is 1. The lowest BCUT2D eigenvalue weighted by Gasteiger charge is -2.09. The van der Waals surface area contributed by atoms with Gasteiger partial charge in [-0.3, -0.25) is 0 Å². The molecule has 0 unspecified atom stereocenters. The molecule has 16 heavy (non-hydrogen) atoms. The SMILES string of the molecule is FC(F)(F)c1ccnc(NCCC2CC2)c1. The Balaban J connectivity index is 1.92. The number of aromatic nitrogens is 1. The summed E-state index contributed by atoms with van der Waals surface area (Å²) in [5.74, 6) is 1.06. The van der Waals surface area contributed by atoms with E-state index in [1.54, 1.807) is 0 Å². The molecular formula is C11H13F3N2. The van der Waals surface area contributed by atoms with Crippen molar-refractivity contribution in [2.75, 3.05) is 11.9 Å². The number of nitrogens with one attached hydrogen (secondary N) is 1. The second kappa shape index (κ2) is 4.31. The van der Waals surface area contributed by atoms with Crippen LogP contribution in [0.1, 0.15) is 24.8 Å². The molecule has 1 fully saturated rings. The van der Waals surface area contributed by atoms with Crippen LogP contribution in [0.4, 0.5) is 19.0 Å². The van der Waals surface area contributed by atoms with Crippen LogP contribution >= 0.6 is 0 Å². The monoisotopic (exact) mass is 230 g/mol. The van der Waals surface area contributed by atoms with Crippen LogP contribution in [0.2, 0.25) is 0 Å². The molecule has 0 radical (unpaired) electrons. The Hall–Kier alpha value is -1.26. The number of alkyl halides is 3. The Morgan fingerprint density at radius 3 is 2.75 bits per heavy atom. The largest absolute Gasteiger partial charge is 0.416 e. The molecule has 0 amide bonds. The van der Waals surface area contributed by atoms with Gasteiger partial charge in [0.25, 0.3) is 0 Å². The Labute approximate surface area is 91.9 Å². The van der Waals surface area contributed by atoms with Crippen molar-refractivity contribution in [1.82, 2.24) is 4.98 Å². The van der Waals surface area contributed by atoms with Crippen molar-refractivity contribution < 1.29 is 13.2 Å². The highest BCUT2D eigenvalue weighted by atomic mass is 19.4. The minimum Gasteiger partial charge on any atom is -0.370 e. The molecule has 0 aliphatic heterocycles. The van der Waals surface area contributed by atoms with Gasteiger partial charge in [0.2, 0.25) is 0 Å². The molecule has 5 heteroatoms. The average molecular weight is 230 g/mol. The first-order valence-corrected chi connectivity index (χ1v) is 5.33. The normalized spacial score (nSPS) is 16.2. The van der Waals surface area contributed by atoms with Crippen molar-refractivity contribution in [1.29, 1.82) is 0 Å². The third kappa shape index (κ3) is 3.12. The Bertz CT molecular complexity index is 358. The van der Waals surface area contributed by atoms with Gasteiger partial charge in [-0.05, 0) is 24.5 Å². The molecule has 1 aromatic heterocycles. The van der Waals surface area contributed by atoms with Crippen LogP contribution in [0.3, 0.4) is 0 Å². The first-order chi connectivity index (χ1) is 7.55. The predicted molar refractivity (Wildman–Crippen MR) is 55.1 cm³/mol. The van der Waals surface area contributed by atoms with E-state index in [1.807, 2.05) is 0 Å². The number of hydrogen-bond donors (Lipinski definition) is 1. The maximum absolute atomic E-state index is 12.4. The first kappa shape index (κ1) is 11.2. The molecule has 1 aliphatic rings. The lowest BCUT2D eigenvalue weighted by Crippen LogP contribution is -2.08.